The number of anilines is 1. The highest BCUT2D eigenvalue weighted by Crippen LogP contribution is 2.39. The molecule has 2 aromatic rings. The van der Waals surface area contributed by atoms with E-state index < -0.39 is 0 Å². The third-order valence-electron chi connectivity index (χ3n) is 3.57. The van der Waals surface area contributed by atoms with Crippen LogP contribution in [0.3, 0.4) is 0 Å². The molecule has 0 fully saturated rings. The fraction of sp³-hybridized carbons (Fsp3) is 0.294. The summed E-state index contributed by atoms with van der Waals surface area (Å²) in [5.74, 6) is 1.79. The second-order valence-corrected chi connectivity index (χ2v) is 5.71. The van der Waals surface area contributed by atoms with E-state index in [9.17, 15) is 0 Å². The largest absolute Gasteiger partial charge is 0.455 e. The van der Waals surface area contributed by atoms with Crippen LogP contribution in [-0.4, -0.2) is 5.54 Å². The summed E-state index contributed by atoms with van der Waals surface area (Å²) in [4.78, 5) is 0. The average Bonchev–Trinajstić information content (AvgIpc) is 2.40. The van der Waals surface area contributed by atoms with Crippen LogP contribution in [0.5, 0.6) is 11.5 Å². The van der Waals surface area contributed by atoms with E-state index in [4.69, 9.17) is 4.74 Å². The number of rotatable bonds is 2. The highest BCUT2D eigenvalue weighted by atomic mass is 16.5. The second-order valence-electron chi connectivity index (χ2n) is 5.71. The molecule has 0 amide bonds. The van der Waals surface area contributed by atoms with Gasteiger partial charge in [-0.05, 0) is 50.5 Å². The number of nitrogens with one attached hydrogen (secondary N) is 1. The zero-order valence-corrected chi connectivity index (χ0v) is 11.4. The molecule has 2 heteroatoms. The minimum atomic E-state index is 0.128. The molecule has 0 saturated carbocycles. The number of hydrogen-bond acceptors (Lipinski definition) is 2. The topological polar surface area (TPSA) is 21.3 Å². The molecule has 0 saturated heterocycles. The maximum Gasteiger partial charge on any atom is 0.150 e. The van der Waals surface area contributed by atoms with Crippen molar-refractivity contribution in [1.82, 2.24) is 0 Å². The van der Waals surface area contributed by atoms with Crippen LogP contribution in [0.15, 0.2) is 48.5 Å². The van der Waals surface area contributed by atoms with Crippen LogP contribution in [0.2, 0.25) is 0 Å². The summed E-state index contributed by atoms with van der Waals surface area (Å²) in [5, 5.41) is 3.60. The molecule has 0 atom stereocenters. The molecule has 0 spiro atoms. The van der Waals surface area contributed by atoms with E-state index in [-0.39, 0.29) is 5.54 Å². The van der Waals surface area contributed by atoms with E-state index in [1.54, 1.807) is 0 Å². The van der Waals surface area contributed by atoms with Gasteiger partial charge in [-0.2, -0.15) is 0 Å². The lowest BCUT2D eigenvalue weighted by Crippen LogP contribution is -2.35. The SMILES string of the molecule is CC1(C)CCc2cccc(Oc3ccccc3)c2N1. The van der Waals surface area contributed by atoms with Gasteiger partial charge in [0.1, 0.15) is 5.75 Å². The highest BCUT2D eigenvalue weighted by molar-refractivity contribution is 5.65. The molecule has 0 aromatic heterocycles. The zero-order valence-electron chi connectivity index (χ0n) is 11.4. The Morgan fingerprint density at radius 2 is 1.79 bits per heavy atom. The molecule has 0 unspecified atom stereocenters. The van der Waals surface area contributed by atoms with Gasteiger partial charge in [-0.15, -0.1) is 0 Å². The number of para-hydroxylation sites is 2. The Kier molecular flexibility index (Phi) is 2.94. The predicted octanol–water partition coefficient (Wildman–Crippen LogP) is 4.62. The van der Waals surface area contributed by atoms with Crippen molar-refractivity contribution in [3.63, 3.8) is 0 Å². The Hall–Kier alpha value is -1.96. The summed E-state index contributed by atoms with van der Waals surface area (Å²) in [7, 11) is 0. The van der Waals surface area contributed by atoms with Crippen LogP contribution in [0, 0.1) is 0 Å². The summed E-state index contributed by atoms with van der Waals surface area (Å²) >= 11 is 0. The fourth-order valence-corrected chi connectivity index (χ4v) is 2.48. The van der Waals surface area contributed by atoms with Gasteiger partial charge in [0.05, 0.1) is 5.69 Å². The van der Waals surface area contributed by atoms with Crippen LogP contribution >= 0.6 is 0 Å². The first-order valence-corrected chi connectivity index (χ1v) is 6.77. The van der Waals surface area contributed by atoms with Gasteiger partial charge in [0.2, 0.25) is 0 Å². The van der Waals surface area contributed by atoms with Crippen molar-refractivity contribution in [3.05, 3.63) is 54.1 Å². The molecule has 98 valence electrons. The van der Waals surface area contributed by atoms with Crippen LogP contribution in [0.25, 0.3) is 0 Å². The number of aryl methyl sites for hydroxylation is 1. The van der Waals surface area contributed by atoms with Gasteiger partial charge in [-0.25, -0.2) is 0 Å². The molecule has 1 N–H and O–H groups in total. The Bertz CT molecular complexity index is 575. The van der Waals surface area contributed by atoms with Crippen LogP contribution in [0.4, 0.5) is 5.69 Å². The molecule has 0 bridgehead atoms. The summed E-state index contributed by atoms with van der Waals surface area (Å²) in [6, 6.07) is 16.2. The van der Waals surface area contributed by atoms with Crippen molar-refractivity contribution >= 4 is 5.69 Å². The standard InChI is InChI=1S/C17H19NO/c1-17(2)12-11-13-7-6-10-15(16(13)18-17)19-14-8-4-3-5-9-14/h3-10,18H,11-12H2,1-2H3. The van der Waals surface area contributed by atoms with Crippen molar-refractivity contribution < 1.29 is 4.74 Å². The molecule has 2 nitrogen and oxygen atoms in total. The second kappa shape index (κ2) is 4.61. The van der Waals surface area contributed by atoms with E-state index in [0.717, 1.165) is 30.0 Å². The van der Waals surface area contributed by atoms with Gasteiger partial charge in [-0.3, -0.25) is 0 Å². The van der Waals surface area contributed by atoms with E-state index in [1.165, 1.54) is 5.56 Å². The van der Waals surface area contributed by atoms with Crippen molar-refractivity contribution in [2.45, 2.75) is 32.2 Å². The molecule has 19 heavy (non-hydrogen) atoms. The Morgan fingerprint density at radius 3 is 2.58 bits per heavy atom. The number of fused-ring (bicyclic) bond motifs is 1. The van der Waals surface area contributed by atoms with E-state index in [1.807, 2.05) is 36.4 Å². The molecule has 0 aliphatic carbocycles. The fourth-order valence-electron chi connectivity index (χ4n) is 2.48. The van der Waals surface area contributed by atoms with Crippen molar-refractivity contribution in [3.8, 4) is 11.5 Å². The molecule has 1 aliphatic heterocycles. The summed E-state index contributed by atoms with van der Waals surface area (Å²) < 4.78 is 6.01. The van der Waals surface area contributed by atoms with Gasteiger partial charge in [0.25, 0.3) is 0 Å². The maximum absolute atomic E-state index is 6.01. The van der Waals surface area contributed by atoms with E-state index >= 15 is 0 Å². The first-order valence-electron chi connectivity index (χ1n) is 6.77. The molecular formula is C17H19NO. The number of ether oxygens (including phenoxy) is 1. The summed E-state index contributed by atoms with van der Waals surface area (Å²) in [5.41, 5.74) is 2.61. The van der Waals surface area contributed by atoms with Gasteiger partial charge >= 0.3 is 0 Å². The first kappa shape index (κ1) is 12.1. The quantitative estimate of drug-likeness (QED) is 0.843. The highest BCUT2D eigenvalue weighted by Gasteiger charge is 2.26. The molecule has 3 rings (SSSR count). The Morgan fingerprint density at radius 1 is 1.00 bits per heavy atom. The number of hydrogen-bond donors (Lipinski definition) is 1. The molecule has 1 heterocycles. The van der Waals surface area contributed by atoms with Gasteiger partial charge in [0, 0.05) is 5.54 Å². The predicted molar refractivity (Wildman–Crippen MR) is 79.0 cm³/mol. The first-order chi connectivity index (χ1) is 9.14. The summed E-state index contributed by atoms with van der Waals surface area (Å²) in [6.07, 6.45) is 2.25. The van der Waals surface area contributed by atoms with Gasteiger partial charge in [0.15, 0.2) is 5.75 Å². The monoisotopic (exact) mass is 253 g/mol. The average molecular weight is 253 g/mol. The van der Waals surface area contributed by atoms with Crippen LogP contribution < -0.4 is 10.1 Å². The minimum absolute atomic E-state index is 0.128. The zero-order chi connectivity index (χ0) is 13.3. The Labute approximate surface area is 114 Å². The lowest BCUT2D eigenvalue weighted by Gasteiger charge is -2.34. The minimum Gasteiger partial charge on any atom is -0.455 e. The molecule has 1 aliphatic rings. The normalized spacial score (nSPS) is 16.3. The lowest BCUT2D eigenvalue weighted by molar-refractivity contribution is 0.464. The Balaban J connectivity index is 1.95. The van der Waals surface area contributed by atoms with Gasteiger partial charge < -0.3 is 10.1 Å². The van der Waals surface area contributed by atoms with Crippen LogP contribution in [-0.2, 0) is 6.42 Å². The molecular weight excluding hydrogens is 234 g/mol. The third kappa shape index (κ3) is 2.58. The number of benzene rings is 2. The van der Waals surface area contributed by atoms with Gasteiger partial charge in [-0.1, -0.05) is 30.3 Å². The summed E-state index contributed by atoms with van der Waals surface area (Å²) in [6.45, 7) is 4.46. The molecule has 0 radical (unpaired) electrons. The van der Waals surface area contributed by atoms with E-state index in [0.29, 0.717) is 0 Å². The lowest BCUT2D eigenvalue weighted by atomic mass is 9.89. The van der Waals surface area contributed by atoms with E-state index in [2.05, 4.69) is 31.3 Å². The smallest absolute Gasteiger partial charge is 0.150 e. The van der Waals surface area contributed by atoms with Crippen molar-refractivity contribution in [2.75, 3.05) is 5.32 Å². The molecule has 2 aromatic carbocycles. The third-order valence-corrected chi connectivity index (χ3v) is 3.57. The maximum atomic E-state index is 6.01. The van der Waals surface area contributed by atoms with Crippen LogP contribution in [0.1, 0.15) is 25.8 Å². The van der Waals surface area contributed by atoms with Crippen molar-refractivity contribution in [1.29, 1.82) is 0 Å². The van der Waals surface area contributed by atoms with Crippen molar-refractivity contribution in [2.24, 2.45) is 0 Å².